The molecule has 2 unspecified atom stereocenters. The zero-order valence-corrected chi connectivity index (χ0v) is 11.1. The van der Waals surface area contributed by atoms with Gasteiger partial charge in [-0.25, -0.2) is 4.68 Å². The van der Waals surface area contributed by atoms with Gasteiger partial charge in [0.05, 0.1) is 6.04 Å². The molecule has 1 N–H and O–H groups in total. The lowest BCUT2D eigenvalue weighted by Crippen LogP contribution is -2.29. The number of hydrogen-bond donors (Lipinski definition) is 1. The highest BCUT2D eigenvalue weighted by molar-refractivity contribution is 5.57. The maximum Gasteiger partial charge on any atom is 0.221 e. The van der Waals surface area contributed by atoms with Crippen LogP contribution in [0.4, 0.5) is 5.95 Å². The zero-order valence-electron chi connectivity index (χ0n) is 11.1. The van der Waals surface area contributed by atoms with Crippen LogP contribution in [0.1, 0.15) is 30.9 Å². The molecule has 1 saturated carbocycles. The number of aromatic nitrogens is 3. The predicted molar refractivity (Wildman–Crippen MR) is 75.1 cm³/mol. The minimum absolute atomic E-state index is 0.558. The molecule has 1 aliphatic carbocycles. The molecule has 0 bridgehead atoms. The van der Waals surface area contributed by atoms with Crippen molar-refractivity contribution in [2.45, 2.75) is 32.2 Å². The lowest BCUT2D eigenvalue weighted by molar-refractivity contribution is 0.346. The van der Waals surface area contributed by atoms with Gasteiger partial charge < -0.3 is 5.32 Å². The van der Waals surface area contributed by atoms with Crippen LogP contribution < -0.4 is 5.32 Å². The van der Waals surface area contributed by atoms with Crippen LogP contribution in [0.5, 0.6) is 0 Å². The first-order valence-electron chi connectivity index (χ1n) is 7.09. The zero-order chi connectivity index (χ0) is 12.8. The monoisotopic (exact) mass is 254 g/mol. The summed E-state index contributed by atoms with van der Waals surface area (Å²) in [5, 5.41) is 8.16. The third-order valence-electron chi connectivity index (χ3n) is 4.40. The van der Waals surface area contributed by atoms with Crippen molar-refractivity contribution in [3.05, 3.63) is 29.8 Å². The Labute approximate surface area is 112 Å². The first-order valence-corrected chi connectivity index (χ1v) is 7.09. The Morgan fingerprint density at radius 1 is 1.21 bits per heavy atom. The quantitative estimate of drug-likeness (QED) is 0.850. The van der Waals surface area contributed by atoms with Crippen molar-refractivity contribution < 1.29 is 0 Å². The number of aryl methyl sites for hydroxylation is 1. The van der Waals surface area contributed by atoms with E-state index < -0.39 is 0 Å². The van der Waals surface area contributed by atoms with Gasteiger partial charge in [-0.15, -0.1) is 5.10 Å². The molecule has 2 aliphatic rings. The van der Waals surface area contributed by atoms with Gasteiger partial charge in [0.15, 0.2) is 5.82 Å². The molecule has 1 aliphatic heterocycles. The van der Waals surface area contributed by atoms with Gasteiger partial charge >= 0.3 is 0 Å². The van der Waals surface area contributed by atoms with Crippen molar-refractivity contribution in [2.75, 3.05) is 11.9 Å². The van der Waals surface area contributed by atoms with Gasteiger partial charge in [-0.3, -0.25) is 0 Å². The van der Waals surface area contributed by atoms with Crippen molar-refractivity contribution in [3.8, 4) is 11.4 Å². The second-order valence-electron chi connectivity index (χ2n) is 5.71. The Balaban J connectivity index is 1.74. The normalized spacial score (nSPS) is 24.7. The van der Waals surface area contributed by atoms with E-state index in [1.54, 1.807) is 0 Å². The Bertz CT molecular complexity index is 599. The van der Waals surface area contributed by atoms with Crippen molar-refractivity contribution >= 4 is 5.95 Å². The van der Waals surface area contributed by atoms with Crippen molar-refractivity contribution in [1.82, 2.24) is 14.8 Å². The molecule has 4 nitrogen and oxygen atoms in total. The fourth-order valence-electron chi connectivity index (χ4n) is 3.30. The van der Waals surface area contributed by atoms with E-state index in [2.05, 4.69) is 46.2 Å². The fourth-order valence-corrected chi connectivity index (χ4v) is 3.30. The summed E-state index contributed by atoms with van der Waals surface area (Å²) in [6, 6.07) is 8.98. The molecule has 19 heavy (non-hydrogen) atoms. The van der Waals surface area contributed by atoms with E-state index in [9.17, 15) is 0 Å². The Hall–Kier alpha value is -1.84. The molecule has 1 aromatic heterocycles. The molecule has 4 rings (SSSR count). The highest BCUT2D eigenvalue weighted by atomic mass is 15.4. The minimum Gasteiger partial charge on any atom is -0.354 e. The molecule has 98 valence electrons. The van der Waals surface area contributed by atoms with Crippen LogP contribution in [-0.4, -0.2) is 21.3 Å². The number of anilines is 1. The van der Waals surface area contributed by atoms with E-state index in [1.807, 2.05) is 0 Å². The van der Waals surface area contributed by atoms with Gasteiger partial charge in [0, 0.05) is 12.1 Å². The average Bonchev–Trinajstić information content (AvgIpc) is 3.04. The molecular weight excluding hydrogens is 236 g/mol. The molecular formula is C15H18N4. The van der Waals surface area contributed by atoms with Crippen LogP contribution in [0.15, 0.2) is 24.3 Å². The average molecular weight is 254 g/mol. The summed E-state index contributed by atoms with van der Waals surface area (Å²) in [6.45, 7) is 3.15. The summed E-state index contributed by atoms with van der Waals surface area (Å²) >= 11 is 0. The Morgan fingerprint density at radius 2 is 2.05 bits per heavy atom. The standard InChI is InChI=1S/C15H18N4/c1-10-5-7-11(8-6-10)14-17-15-16-9-12-3-2-4-13(12)19(15)18-14/h5-8,12-13H,2-4,9H2,1H3,(H,16,17,18). The van der Waals surface area contributed by atoms with Crippen LogP contribution in [0.2, 0.25) is 0 Å². The number of hydrogen-bond acceptors (Lipinski definition) is 3. The van der Waals surface area contributed by atoms with E-state index in [0.29, 0.717) is 6.04 Å². The number of nitrogens with zero attached hydrogens (tertiary/aromatic N) is 3. The van der Waals surface area contributed by atoms with Crippen LogP contribution in [0, 0.1) is 12.8 Å². The largest absolute Gasteiger partial charge is 0.354 e. The molecule has 0 amide bonds. The predicted octanol–water partition coefficient (Wildman–Crippen LogP) is 3.02. The van der Waals surface area contributed by atoms with Crippen LogP contribution >= 0.6 is 0 Å². The molecule has 2 atom stereocenters. The van der Waals surface area contributed by atoms with Gasteiger partial charge in [-0.05, 0) is 25.7 Å². The van der Waals surface area contributed by atoms with Gasteiger partial charge in [-0.1, -0.05) is 36.2 Å². The third-order valence-corrected chi connectivity index (χ3v) is 4.40. The summed E-state index contributed by atoms with van der Waals surface area (Å²) in [7, 11) is 0. The van der Waals surface area contributed by atoms with Crippen LogP contribution in [0.3, 0.4) is 0 Å². The number of rotatable bonds is 1. The smallest absolute Gasteiger partial charge is 0.221 e. The van der Waals surface area contributed by atoms with E-state index in [1.165, 1.54) is 24.8 Å². The minimum atomic E-state index is 0.558. The highest BCUT2D eigenvalue weighted by Gasteiger charge is 2.35. The SMILES string of the molecule is Cc1ccc(-c2nc3n(n2)C2CCCC2CN3)cc1. The topological polar surface area (TPSA) is 42.7 Å². The lowest BCUT2D eigenvalue weighted by Gasteiger charge is -2.26. The Morgan fingerprint density at radius 3 is 2.89 bits per heavy atom. The summed E-state index contributed by atoms with van der Waals surface area (Å²) < 4.78 is 2.12. The van der Waals surface area contributed by atoms with E-state index in [0.717, 1.165) is 29.8 Å². The summed E-state index contributed by atoms with van der Waals surface area (Å²) in [4.78, 5) is 4.65. The molecule has 1 aromatic carbocycles. The molecule has 2 heterocycles. The number of nitrogens with one attached hydrogen (secondary N) is 1. The maximum atomic E-state index is 4.74. The highest BCUT2D eigenvalue weighted by Crippen LogP contribution is 2.40. The fraction of sp³-hybridized carbons (Fsp3) is 0.467. The maximum absolute atomic E-state index is 4.74. The molecule has 4 heteroatoms. The van der Waals surface area contributed by atoms with Gasteiger partial charge in [0.1, 0.15) is 0 Å². The summed E-state index contributed by atoms with van der Waals surface area (Å²) in [5.74, 6) is 2.52. The number of benzene rings is 1. The van der Waals surface area contributed by atoms with Crippen molar-refractivity contribution in [2.24, 2.45) is 5.92 Å². The van der Waals surface area contributed by atoms with Crippen LogP contribution in [0.25, 0.3) is 11.4 Å². The van der Waals surface area contributed by atoms with Gasteiger partial charge in [0.2, 0.25) is 5.95 Å². The second kappa shape index (κ2) is 4.08. The van der Waals surface area contributed by atoms with Crippen molar-refractivity contribution in [3.63, 3.8) is 0 Å². The molecule has 0 spiro atoms. The van der Waals surface area contributed by atoms with E-state index >= 15 is 0 Å². The molecule has 0 saturated heterocycles. The van der Waals surface area contributed by atoms with Gasteiger partial charge in [-0.2, -0.15) is 4.98 Å². The first kappa shape index (κ1) is 11.0. The second-order valence-corrected chi connectivity index (χ2v) is 5.71. The lowest BCUT2D eigenvalue weighted by atomic mass is 10.0. The van der Waals surface area contributed by atoms with Crippen molar-refractivity contribution in [1.29, 1.82) is 0 Å². The molecule has 1 fully saturated rings. The van der Waals surface area contributed by atoms with E-state index in [4.69, 9.17) is 5.10 Å². The Kier molecular flexibility index (Phi) is 2.37. The molecule has 2 aromatic rings. The number of fused-ring (bicyclic) bond motifs is 3. The third kappa shape index (κ3) is 1.74. The summed E-state index contributed by atoms with van der Waals surface area (Å²) in [6.07, 6.45) is 3.88. The van der Waals surface area contributed by atoms with Crippen LogP contribution in [-0.2, 0) is 0 Å². The van der Waals surface area contributed by atoms with E-state index in [-0.39, 0.29) is 0 Å². The summed E-state index contributed by atoms with van der Waals surface area (Å²) in [5.41, 5.74) is 2.37. The molecule has 0 radical (unpaired) electrons. The van der Waals surface area contributed by atoms with Gasteiger partial charge in [0.25, 0.3) is 0 Å². The first-order chi connectivity index (χ1) is 9.31.